The van der Waals surface area contributed by atoms with Gasteiger partial charge in [0.2, 0.25) is 0 Å². The van der Waals surface area contributed by atoms with Crippen molar-refractivity contribution in [1.82, 2.24) is 0 Å². The molecule has 0 saturated heterocycles. The van der Waals surface area contributed by atoms with E-state index in [0.29, 0.717) is 11.3 Å². The van der Waals surface area contributed by atoms with Crippen LogP contribution in [0.25, 0.3) is 0 Å². The van der Waals surface area contributed by atoms with Gasteiger partial charge in [-0.05, 0) is 44.0 Å². The Kier molecular flexibility index (Phi) is 2.89. The molecule has 5 N–H and O–H groups in total. The van der Waals surface area contributed by atoms with Crippen molar-refractivity contribution in [3.63, 3.8) is 0 Å². The Labute approximate surface area is 124 Å². The second kappa shape index (κ2) is 4.31. The number of nitrogens with two attached hydrogens (primary N) is 2. The number of hydrogen-bond acceptors (Lipinski definition) is 4. The van der Waals surface area contributed by atoms with Gasteiger partial charge in [-0.2, -0.15) is 0 Å². The first kappa shape index (κ1) is 14.1. The van der Waals surface area contributed by atoms with E-state index in [1.54, 1.807) is 6.07 Å². The predicted molar refractivity (Wildman–Crippen MR) is 81.8 cm³/mol. The number of aliphatic hydroxyl groups is 1. The van der Waals surface area contributed by atoms with Gasteiger partial charge in [-0.3, -0.25) is 5.73 Å². The van der Waals surface area contributed by atoms with Crippen LogP contribution in [0.3, 0.4) is 0 Å². The highest BCUT2D eigenvalue weighted by atomic mass is 16.6. The Morgan fingerprint density at radius 3 is 2.14 bits per heavy atom. The van der Waals surface area contributed by atoms with E-state index in [2.05, 4.69) is 0 Å². The van der Waals surface area contributed by atoms with Crippen LogP contribution >= 0.6 is 0 Å². The second-order valence-corrected chi connectivity index (χ2v) is 5.92. The van der Waals surface area contributed by atoms with Crippen LogP contribution in [0.15, 0.2) is 36.4 Å². The third-order valence-electron chi connectivity index (χ3n) is 4.21. The highest BCUT2D eigenvalue weighted by molar-refractivity contribution is 5.55. The Hall–Kier alpha value is -1.88. The third kappa shape index (κ3) is 1.87. The van der Waals surface area contributed by atoms with Crippen LogP contribution in [-0.4, -0.2) is 11.0 Å². The van der Waals surface area contributed by atoms with Gasteiger partial charge in [0.15, 0.2) is 5.54 Å². The molecular formula is C17H20N2O2. The predicted octanol–water partition coefficient (Wildman–Crippen LogP) is 1.81. The third-order valence-corrected chi connectivity index (χ3v) is 4.21. The molecule has 0 aliphatic carbocycles. The number of ether oxygens (including phenoxy) is 1. The minimum Gasteiger partial charge on any atom is -0.446 e. The number of rotatable bonds is 1. The Bertz CT molecular complexity index is 725. The normalized spacial score (nSPS) is 27.3. The van der Waals surface area contributed by atoms with Crippen molar-refractivity contribution in [1.29, 1.82) is 0 Å². The zero-order chi connectivity index (χ0) is 15.4. The van der Waals surface area contributed by atoms with Gasteiger partial charge in [0.1, 0.15) is 5.75 Å². The molecule has 3 rings (SSSR count). The van der Waals surface area contributed by atoms with Crippen LogP contribution in [0.1, 0.15) is 27.8 Å². The monoisotopic (exact) mass is 284 g/mol. The van der Waals surface area contributed by atoms with Crippen molar-refractivity contribution < 1.29 is 9.84 Å². The maximum absolute atomic E-state index is 10.6. The average Bonchev–Trinajstić information content (AvgIpc) is 2.61. The fraction of sp³-hybridized carbons (Fsp3) is 0.294. The molecule has 0 amide bonds. The topological polar surface area (TPSA) is 81.5 Å². The van der Waals surface area contributed by atoms with E-state index in [0.717, 1.165) is 22.3 Å². The summed E-state index contributed by atoms with van der Waals surface area (Å²) in [4.78, 5) is 0. The molecule has 1 heterocycles. The highest BCUT2D eigenvalue weighted by Crippen LogP contribution is 2.47. The fourth-order valence-electron chi connectivity index (χ4n) is 2.98. The van der Waals surface area contributed by atoms with Crippen LogP contribution in [0, 0.1) is 20.8 Å². The average molecular weight is 284 g/mol. The largest absolute Gasteiger partial charge is 0.446 e. The summed E-state index contributed by atoms with van der Waals surface area (Å²) >= 11 is 0. The Morgan fingerprint density at radius 1 is 0.905 bits per heavy atom. The van der Waals surface area contributed by atoms with Crippen molar-refractivity contribution in [2.24, 2.45) is 11.5 Å². The summed E-state index contributed by atoms with van der Waals surface area (Å²) in [5.41, 5.74) is 15.9. The lowest BCUT2D eigenvalue weighted by Crippen LogP contribution is -2.64. The van der Waals surface area contributed by atoms with Crippen molar-refractivity contribution in [2.75, 3.05) is 0 Å². The lowest BCUT2D eigenvalue weighted by Gasteiger charge is -2.35. The zero-order valence-corrected chi connectivity index (χ0v) is 12.5. The van der Waals surface area contributed by atoms with Crippen molar-refractivity contribution in [2.45, 2.75) is 32.2 Å². The summed E-state index contributed by atoms with van der Waals surface area (Å²) in [6.07, 6.45) is 0. The van der Waals surface area contributed by atoms with Crippen LogP contribution in [0.4, 0.5) is 0 Å². The second-order valence-electron chi connectivity index (χ2n) is 5.92. The summed E-state index contributed by atoms with van der Waals surface area (Å²) in [6.45, 7) is 5.90. The number of fused-ring (bicyclic) bond motifs is 1. The molecule has 0 bridgehead atoms. The molecule has 0 spiro atoms. The molecule has 2 aromatic carbocycles. The summed E-state index contributed by atoms with van der Waals surface area (Å²) in [5.74, 6) is -1.46. The summed E-state index contributed by atoms with van der Waals surface area (Å²) in [5, 5.41) is 10.6. The fourth-order valence-corrected chi connectivity index (χ4v) is 2.98. The molecule has 110 valence electrons. The van der Waals surface area contributed by atoms with Gasteiger partial charge in [0, 0.05) is 5.56 Å². The zero-order valence-electron chi connectivity index (χ0n) is 12.5. The first-order chi connectivity index (χ1) is 9.75. The van der Waals surface area contributed by atoms with E-state index in [-0.39, 0.29) is 0 Å². The van der Waals surface area contributed by atoms with Gasteiger partial charge >= 0.3 is 0 Å². The van der Waals surface area contributed by atoms with Crippen molar-refractivity contribution in [3.8, 4) is 5.75 Å². The smallest absolute Gasteiger partial charge is 0.293 e. The molecular weight excluding hydrogens is 264 g/mol. The molecule has 2 atom stereocenters. The first-order valence-corrected chi connectivity index (χ1v) is 6.94. The van der Waals surface area contributed by atoms with Gasteiger partial charge in [0.25, 0.3) is 5.91 Å². The Balaban J connectivity index is 2.33. The summed E-state index contributed by atoms with van der Waals surface area (Å²) in [6, 6.07) is 11.6. The van der Waals surface area contributed by atoms with Gasteiger partial charge < -0.3 is 15.6 Å². The Morgan fingerprint density at radius 2 is 1.48 bits per heavy atom. The van der Waals surface area contributed by atoms with Crippen molar-refractivity contribution >= 4 is 0 Å². The standard InChI is InChI=1S/C17H20N2O2/c1-10-4-6-12(3)13(8-10)16(18)14-9-11(2)5-7-15(14)21-17(16,19)20/h4-9,20H,18-19H2,1-3H3. The maximum Gasteiger partial charge on any atom is 0.293 e. The SMILES string of the molecule is Cc1ccc(C)c(C2(N)c3cc(C)ccc3OC2(N)O)c1. The maximum atomic E-state index is 10.6. The van der Waals surface area contributed by atoms with Crippen molar-refractivity contribution in [3.05, 3.63) is 64.2 Å². The molecule has 0 fully saturated rings. The minimum absolute atomic E-state index is 0.522. The molecule has 0 radical (unpaired) electrons. The quantitative estimate of drug-likeness (QED) is 0.698. The van der Waals surface area contributed by atoms with Gasteiger partial charge in [-0.25, -0.2) is 0 Å². The van der Waals surface area contributed by atoms with Crippen LogP contribution in [0.2, 0.25) is 0 Å². The highest BCUT2D eigenvalue weighted by Gasteiger charge is 2.57. The summed E-state index contributed by atoms with van der Waals surface area (Å²) in [7, 11) is 0. The molecule has 21 heavy (non-hydrogen) atoms. The molecule has 2 aromatic rings. The lowest BCUT2D eigenvalue weighted by atomic mass is 9.79. The minimum atomic E-state index is -1.98. The van der Waals surface area contributed by atoms with Crippen LogP contribution in [-0.2, 0) is 5.54 Å². The first-order valence-electron chi connectivity index (χ1n) is 6.94. The number of aryl methyl sites for hydroxylation is 3. The van der Waals surface area contributed by atoms with E-state index in [4.69, 9.17) is 16.2 Å². The molecule has 2 unspecified atom stereocenters. The van der Waals surface area contributed by atoms with E-state index < -0.39 is 11.4 Å². The van der Waals surface area contributed by atoms with E-state index >= 15 is 0 Å². The van der Waals surface area contributed by atoms with Gasteiger partial charge in [-0.15, -0.1) is 0 Å². The lowest BCUT2D eigenvalue weighted by molar-refractivity contribution is -0.157. The van der Waals surface area contributed by atoms with Crippen LogP contribution < -0.4 is 16.2 Å². The molecule has 0 aromatic heterocycles. The molecule has 4 heteroatoms. The van der Waals surface area contributed by atoms with Gasteiger partial charge in [0.05, 0.1) is 0 Å². The van der Waals surface area contributed by atoms with E-state index in [1.807, 2.05) is 51.1 Å². The van der Waals surface area contributed by atoms with E-state index in [9.17, 15) is 5.11 Å². The van der Waals surface area contributed by atoms with E-state index in [1.165, 1.54) is 0 Å². The van der Waals surface area contributed by atoms with Gasteiger partial charge in [-0.1, -0.05) is 35.4 Å². The molecule has 0 saturated carbocycles. The molecule has 1 aliphatic rings. The van der Waals surface area contributed by atoms with Crippen LogP contribution in [0.5, 0.6) is 5.75 Å². The summed E-state index contributed by atoms with van der Waals surface area (Å²) < 4.78 is 5.52. The number of benzene rings is 2. The number of hydrogen-bond donors (Lipinski definition) is 3. The molecule has 1 aliphatic heterocycles. The molecule has 4 nitrogen and oxygen atoms in total.